The van der Waals surface area contributed by atoms with Crippen molar-refractivity contribution in [3.05, 3.63) is 45.3 Å². The van der Waals surface area contributed by atoms with Gasteiger partial charge in [0.15, 0.2) is 11.6 Å². The number of anilines is 1. The third-order valence-corrected chi connectivity index (χ3v) is 8.16. The molecular formula is C24H28N6O3S. The van der Waals surface area contributed by atoms with Crippen LogP contribution in [0.4, 0.5) is 11.5 Å². The summed E-state index contributed by atoms with van der Waals surface area (Å²) >= 11 is 1.79. The number of non-ortho nitro benzene ring substituents is 1. The monoisotopic (exact) mass is 480 g/mol. The summed E-state index contributed by atoms with van der Waals surface area (Å²) in [5, 5.41) is 11.1. The quantitative estimate of drug-likeness (QED) is 0.406. The number of hydrogen-bond donors (Lipinski definition) is 0. The summed E-state index contributed by atoms with van der Waals surface area (Å²) < 4.78 is 7.19. The van der Waals surface area contributed by atoms with Crippen molar-refractivity contribution in [2.75, 3.05) is 51.2 Å². The number of hydrogen-bond acceptors (Lipinski definition) is 9. The maximum atomic E-state index is 11.1. The highest BCUT2D eigenvalue weighted by molar-refractivity contribution is 7.19. The smallest absolute Gasteiger partial charge is 0.269 e. The Labute approximate surface area is 202 Å². The zero-order valence-corrected chi connectivity index (χ0v) is 20.0. The van der Waals surface area contributed by atoms with E-state index in [4.69, 9.17) is 14.7 Å². The molecule has 0 N–H and O–H groups in total. The minimum atomic E-state index is -0.383. The van der Waals surface area contributed by atoms with Crippen LogP contribution in [0.15, 0.2) is 30.3 Å². The van der Waals surface area contributed by atoms with Crippen molar-refractivity contribution in [2.24, 2.45) is 0 Å². The first-order valence-electron chi connectivity index (χ1n) is 11.9. The number of rotatable bonds is 5. The van der Waals surface area contributed by atoms with Crippen molar-refractivity contribution in [3.8, 4) is 11.4 Å². The fourth-order valence-electron chi connectivity index (χ4n) is 5.13. The summed E-state index contributed by atoms with van der Waals surface area (Å²) in [6, 6.07) is 8.72. The van der Waals surface area contributed by atoms with E-state index >= 15 is 0 Å². The topological polar surface area (TPSA) is 87.9 Å². The standard InChI is InChI=1S/C24H28N6O3S/c1-27-8-10-28(11-9-27)15-20-12-21-22(34-20)24(29-13-18-6-7-19(14-29)33-18)26-23(25-21)16-2-4-17(5-3-16)30(31)32/h2-5,12,18-19H,6-11,13-15H2,1H3. The van der Waals surface area contributed by atoms with E-state index in [2.05, 4.69) is 27.8 Å². The second-order valence-electron chi connectivity index (χ2n) is 9.54. The van der Waals surface area contributed by atoms with Gasteiger partial charge >= 0.3 is 0 Å². The molecule has 3 fully saturated rings. The van der Waals surface area contributed by atoms with Crippen LogP contribution in [0.1, 0.15) is 17.7 Å². The number of nitrogens with zero attached hydrogens (tertiary/aromatic N) is 6. The average Bonchev–Trinajstić information content (AvgIpc) is 3.41. The van der Waals surface area contributed by atoms with Gasteiger partial charge in [-0.2, -0.15) is 0 Å². The molecule has 2 aromatic heterocycles. The molecule has 5 heterocycles. The van der Waals surface area contributed by atoms with Crippen molar-refractivity contribution in [1.29, 1.82) is 0 Å². The van der Waals surface area contributed by atoms with Gasteiger partial charge in [-0.05, 0) is 38.1 Å². The van der Waals surface area contributed by atoms with Crippen LogP contribution in [-0.4, -0.2) is 83.2 Å². The van der Waals surface area contributed by atoms with Gasteiger partial charge in [0, 0.05) is 68.4 Å². The van der Waals surface area contributed by atoms with E-state index in [1.165, 1.54) is 17.0 Å². The largest absolute Gasteiger partial charge is 0.371 e. The van der Waals surface area contributed by atoms with Crippen LogP contribution in [0.2, 0.25) is 0 Å². The molecule has 1 aromatic carbocycles. The molecule has 0 amide bonds. The van der Waals surface area contributed by atoms with Crippen molar-refractivity contribution >= 4 is 33.1 Å². The molecule has 3 saturated heterocycles. The van der Waals surface area contributed by atoms with Crippen LogP contribution < -0.4 is 4.90 Å². The highest BCUT2D eigenvalue weighted by Crippen LogP contribution is 2.38. The minimum Gasteiger partial charge on any atom is -0.371 e. The molecule has 10 heteroatoms. The number of fused-ring (bicyclic) bond motifs is 3. The van der Waals surface area contributed by atoms with Crippen molar-refractivity contribution < 1.29 is 9.66 Å². The Bertz CT molecular complexity index is 1200. The molecule has 34 heavy (non-hydrogen) atoms. The van der Waals surface area contributed by atoms with E-state index in [1.54, 1.807) is 23.5 Å². The molecule has 0 spiro atoms. The zero-order chi connectivity index (χ0) is 23.2. The van der Waals surface area contributed by atoms with Gasteiger partial charge in [0.1, 0.15) is 0 Å². The fourth-order valence-corrected chi connectivity index (χ4v) is 6.29. The van der Waals surface area contributed by atoms with Gasteiger partial charge in [-0.3, -0.25) is 15.0 Å². The van der Waals surface area contributed by atoms with E-state index in [0.29, 0.717) is 5.82 Å². The maximum absolute atomic E-state index is 11.1. The molecule has 2 atom stereocenters. The summed E-state index contributed by atoms with van der Waals surface area (Å²) in [5.74, 6) is 1.58. The number of likely N-dealkylation sites (N-methyl/N-ethyl adjacent to an activating group) is 1. The number of piperazine rings is 1. The molecule has 3 aromatic rings. The summed E-state index contributed by atoms with van der Waals surface area (Å²) in [5.41, 5.74) is 1.81. The maximum Gasteiger partial charge on any atom is 0.269 e. The van der Waals surface area contributed by atoms with E-state index in [1.807, 2.05) is 0 Å². The highest BCUT2D eigenvalue weighted by Gasteiger charge is 2.35. The minimum absolute atomic E-state index is 0.0693. The highest BCUT2D eigenvalue weighted by atomic mass is 32.1. The normalized spacial score (nSPS) is 23.6. The molecule has 0 radical (unpaired) electrons. The molecule has 6 rings (SSSR count). The van der Waals surface area contributed by atoms with Gasteiger partial charge in [0.25, 0.3) is 5.69 Å². The SMILES string of the molecule is CN1CCN(Cc2cc3nc(-c4ccc([N+](=O)[O-])cc4)nc(N4CC5CCC(C4)O5)c3s2)CC1. The van der Waals surface area contributed by atoms with Crippen LogP contribution in [0.5, 0.6) is 0 Å². The van der Waals surface area contributed by atoms with Gasteiger partial charge in [0.05, 0.1) is 27.3 Å². The Morgan fingerprint density at radius 2 is 1.79 bits per heavy atom. The Balaban J connectivity index is 1.37. The molecule has 178 valence electrons. The Morgan fingerprint density at radius 3 is 2.47 bits per heavy atom. The number of ether oxygens (including phenoxy) is 1. The lowest BCUT2D eigenvalue weighted by atomic mass is 10.2. The lowest BCUT2D eigenvalue weighted by Gasteiger charge is -2.33. The van der Waals surface area contributed by atoms with E-state index < -0.39 is 0 Å². The first kappa shape index (κ1) is 21.8. The van der Waals surface area contributed by atoms with Gasteiger partial charge < -0.3 is 14.5 Å². The number of aromatic nitrogens is 2. The van der Waals surface area contributed by atoms with Crippen LogP contribution in [0, 0.1) is 10.1 Å². The first-order valence-corrected chi connectivity index (χ1v) is 12.7. The average molecular weight is 481 g/mol. The molecule has 2 unspecified atom stereocenters. The molecule has 0 aliphatic carbocycles. The van der Waals surface area contributed by atoms with Crippen LogP contribution in [0.3, 0.4) is 0 Å². The molecule has 3 aliphatic rings. The number of thiophene rings is 1. The van der Waals surface area contributed by atoms with Gasteiger partial charge in [-0.1, -0.05) is 0 Å². The third-order valence-electron chi connectivity index (χ3n) is 7.06. The van der Waals surface area contributed by atoms with Crippen molar-refractivity contribution in [3.63, 3.8) is 0 Å². The lowest BCUT2D eigenvalue weighted by molar-refractivity contribution is -0.384. The predicted molar refractivity (Wildman–Crippen MR) is 132 cm³/mol. The summed E-state index contributed by atoms with van der Waals surface area (Å²) in [4.78, 5) is 29.2. The molecule has 3 aliphatic heterocycles. The van der Waals surface area contributed by atoms with Crippen LogP contribution in [-0.2, 0) is 11.3 Å². The Morgan fingerprint density at radius 1 is 1.09 bits per heavy atom. The van der Waals surface area contributed by atoms with E-state index in [-0.39, 0.29) is 22.8 Å². The van der Waals surface area contributed by atoms with Crippen molar-refractivity contribution in [1.82, 2.24) is 19.8 Å². The van der Waals surface area contributed by atoms with Gasteiger partial charge in [0.2, 0.25) is 0 Å². The number of morpholine rings is 1. The predicted octanol–water partition coefficient (Wildman–Crippen LogP) is 3.38. The van der Waals surface area contributed by atoms with Crippen LogP contribution in [0.25, 0.3) is 21.6 Å². The van der Waals surface area contributed by atoms with E-state index in [0.717, 1.165) is 80.3 Å². The molecule has 2 bridgehead atoms. The summed E-state index contributed by atoms with van der Waals surface area (Å²) in [6.45, 7) is 6.94. The summed E-state index contributed by atoms with van der Waals surface area (Å²) in [6.07, 6.45) is 2.72. The van der Waals surface area contributed by atoms with Crippen molar-refractivity contribution in [2.45, 2.75) is 31.6 Å². The fraction of sp³-hybridized carbons (Fsp3) is 0.500. The second-order valence-corrected chi connectivity index (χ2v) is 10.7. The Hall–Kier alpha value is -2.66. The number of nitro benzene ring substituents is 1. The molecule has 9 nitrogen and oxygen atoms in total. The van der Waals surface area contributed by atoms with Gasteiger partial charge in [-0.25, -0.2) is 9.97 Å². The van der Waals surface area contributed by atoms with E-state index in [9.17, 15) is 10.1 Å². The second kappa shape index (κ2) is 8.84. The van der Waals surface area contributed by atoms with Crippen LogP contribution >= 0.6 is 11.3 Å². The lowest BCUT2D eigenvalue weighted by Crippen LogP contribution is -2.43. The number of nitro groups is 1. The van der Waals surface area contributed by atoms with Gasteiger partial charge in [-0.15, -0.1) is 11.3 Å². The third kappa shape index (κ3) is 4.26. The molecule has 0 saturated carbocycles. The summed E-state index contributed by atoms with van der Waals surface area (Å²) in [7, 11) is 2.17. The zero-order valence-electron chi connectivity index (χ0n) is 19.2. The molecular weight excluding hydrogens is 452 g/mol. The first-order chi connectivity index (χ1) is 16.5. The number of benzene rings is 1. The Kier molecular flexibility index (Phi) is 5.68.